The molecule has 0 amide bonds. The van der Waals surface area contributed by atoms with Gasteiger partial charge in [-0.3, -0.25) is 4.79 Å². The summed E-state index contributed by atoms with van der Waals surface area (Å²) in [4.78, 5) is 12.3. The van der Waals surface area contributed by atoms with Crippen molar-refractivity contribution in [3.05, 3.63) is 68.1 Å². The summed E-state index contributed by atoms with van der Waals surface area (Å²) in [5, 5.41) is 0.889. The highest BCUT2D eigenvalue weighted by Crippen LogP contribution is 2.26. The van der Waals surface area contributed by atoms with E-state index in [-0.39, 0.29) is 5.78 Å². The van der Waals surface area contributed by atoms with Crippen molar-refractivity contribution in [2.75, 3.05) is 0 Å². The zero-order valence-corrected chi connectivity index (χ0v) is 11.7. The van der Waals surface area contributed by atoms with Crippen LogP contribution in [0.3, 0.4) is 0 Å². The molecular weight excluding hydrogens is 323 g/mol. The lowest BCUT2D eigenvalue weighted by atomic mass is 10.0. The lowest BCUT2D eigenvalue weighted by Crippen LogP contribution is -2.03. The van der Waals surface area contributed by atoms with Crippen molar-refractivity contribution in [3.8, 4) is 0 Å². The van der Waals surface area contributed by atoms with Gasteiger partial charge < -0.3 is 0 Å². The molecule has 2 rings (SSSR count). The maximum atomic E-state index is 12.3. The Balaban J connectivity index is 2.51. The lowest BCUT2D eigenvalue weighted by Gasteiger charge is -2.06. The van der Waals surface area contributed by atoms with E-state index in [1.165, 1.54) is 0 Å². The molecular formula is C13H7BrCl2O. The Kier molecular flexibility index (Phi) is 3.87. The molecule has 0 aromatic heterocycles. The van der Waals surface area contributed by atoms with Gasteiger partial charge in [-0.15, -0.1) is 0 Å². The summed E-state index contributed by atoms with van der Waals surface area (Å²) in [5.41, 5.74) is 0.975. The molecule has 0 aliphatic rings. The van der Waals surface area contributed by atoms with E-state index in [1.807, 2.05) is 12.1 Å². The van der Waals surface area contributed by atoms with Gasteiger partial charge in [-0.25, -0.2) is 0 Å². The van der Waals surface area contributed by atoms with Gasteiger partial charge in [0.05, 0.1) is 5.02 Å². The van der Waals surface area contributed by atoms with Gasteiger partial charge in [0.1, 0.15) is 0 Å². The third-order valence-electron chi connectivity index (χ3n) is 2.29. The molecule has 17 heavy (non-hydrogen) atoms. The molecule has 0 radical (unpaired) electrons. The second-order valence-electron chi connectivity index (χ2n) is 3.43. The van der Waals surface area contributed by atoms with E-state index in [0.717, 1.165) is 4.47 Å². The number of ketones is 1. The van der Waals surface area contributed by atoms with Crippen molar-refractivity contribution < 1.29 is 4.79 Å². The molecule has 0 N–H and O–H groups in total. The van der Waals surface area contributed by atoms with Gasteiger partial charge in [0.15, 0.2) is 5.78 Å². The van der Waals surface area contributed by atoms with Crippen molar-refractivity contribution in [2.24, 2.45) is 0 Å². The minimum Gasteiger partial charge on any atom is -0.289 e. The van der Waals surface area contributed by atoms with Crippen molar-refractivity contribution in [1.29, 1.82) is 0 Å². The first kappa shape index (κ1) is 12.6. The minimum atomic E-state index is -0.148. The average Bonchev–Trinajstić information content (AvgIpc) is 2.32. The fourth-order valence-corrected chi connectivity index (χ4v) is 2.30. The normalized spacial score (nSPS) is 10.3. The molecule has 86 valence electrons. The summed E-state index contributed by atoms with van der Waals surface area (Å²) in [6.45, 7) is 0. The summed E-state index contributed by atoms with van der Waals surface area (Å²) in [7, 11) is 0. The molecule has 0 unspecified atom stereocenters. The van der Waals surface area contributed by atoms with Gasteiger partial charge in [-0.05, 0) is 30.3 Å². The van der Waals surface area contributed by atoms with Crippen molar-refractivity contribution in [2.45, 2.75) is 0 Å². The quantitative estimate of drug-likeness (QED) is 0.709. The molecule has 1 nitrogen and oxygen atoms in total. The highest BCUT2D eigenvalue weighted by atomic mass is 79.9. The van der Waals surface area contributed by atoms with Gasteiger partial charge in [0.2, 0.25) is 0 Å². The van der Waals surface area contributed by atoms with Crippen LogP contribution in [0.5, 0.6) is 0 Å². The molecule has 0 heterocycles. The molecule has 0 aliphatic heterocycles. The molecule has 0 saturated carbocycles. The number of halogens is 3. The van der Waals surface area contributed by atoms with Crippen LogP contribution in [0, 0.1) is 0 Å². The van der Waals surface area contributed by atoms with E-state index in [1.54, 1.807) is 30.3 Å². The Morgan fingerprint density at radius 2 is 1.71 bits per heavy atom. The Labute approximate surface area is 117 Å². The lowest BCUT2D eigenvalue weighted by molar-refractivity contribution is 0.103. The van der Waals surface area contributed by atoms with Gasteiger partial charge in [-0.2, -0.15) is 0 Å². The maximum absolute atomic E-state index is 12.3. The second-order valence-corrected chi connectivity index (χ2v) is 5.13. The number of carbonyl (C=O) groups excluding carboxylic acids is 1. The van der Waals surface area contributed by atoms with Crippen molar-refractivity contribution >= 4 is 44.9 Å². The van der Waals surface area contributed by atoms with E-state index in [2.05, 4.69) is 15.9 Å². The standard InChI is InChI=1S/C13H7BrCl2O/c14-11-4-2-1-3-9(11)13(17)10-7-8(15)5-6-12(10)16/h1-7H. The summed E-state index contributed by atoms with van der Waals surface area (Å²) < 4.78 is 0.737. The third kappa shape index (κ3) is 2.71. The first-order valence-electron chi connectivity index (χ1n) is 4.84. The molecule has 2 aromatic rings. The summed E-state index contributed by atoms with van der Waals surface area (Å²) in [5.74, 6) is -0.148. The monoisotopic (exact) mass is 328 g/mol. The van der Waals surface area contributed by atoms with Crippen LogP contribution in [0.4, 0.5) is 0 Å². The molecule has 0 aliphatic carbocycles. The molecule has 0 fully saturated rings. The number of carbonyl (C=O) groups is 1. The van der Waals surface area contributed by atoms with Gasteiger partial charge >= 0.3 is 0 Å². The largest absolute Gasteiger partial charge is 0.289 e. The van der Waals surface area contributed by atoms with E-state index in [0.29, 0.717) is 21.2 Å². The van der Waals surface area contributed by atoms with Crippen LogP contribution in [-0.4, -0.2) is 5.78 Å². The third-order valence-corrected chi connectivity index (χ3v) is 3.55. The summed E-state index contributed by atoms with van der Waals surface area (Å²) in [6.07, 6.45) is 0. The number of rotatable bonds is 2. The molecule has 0 saturated heterocycles. The van der Waals surface area contributed by atoms with E-state index >= 15 is 0 Å². The Morgan fingerprint density at radius 1 is 1.00 bits per heavy atom. The summed E-state index contributed by atoms with van der Waals surface area (Å²) >= 11 is 15.2. The van der Waals surface area contributed by atoms with Crippen LogP contribution in [0.25, 0.3) is 0 Å². The zero-order chi connectivity index (χ0) is 12.4. The Hall–Kier alpha value is -0.830. The van der Waals surface area contributed by atoms with Crippen LogP contribution in [0.1, 0.15) is 15.9 Å². The predicted octanol–water partition coefficient (Wildman–Crippen LogP) is 4.99. The summed E-state index contributed by atoms with van der Waals surface area (Å²) in [6, 6.07) is 12.0. The topological polar surface area (TPSA) is 17.1 Å². The molecule has 0 bridgehead atoms. The van der Waals surface area contributed by atoms with Crippen LogP contribution in [0.15, 0.2) is 46.9 Å². The van der Waals surface area contributed by atoms with Crippen molar-refractivity contribution in [3.63, 3.8) is 0 Å². The van der Waals surface area contributed by atoms with Gasteiger partial charge in [-0.1, -0.05) is 51.3 Å². The van der Waals surface area contributed by atoms with E-state index < -0.39 is 0 Å². The van der Waals surface area contributed by atoms with Crippen LogP contribution in [0.2, 0.25) is 10.0 Å². The van der Waals surface area contributed by atoms with Gasteiger partial charge in [0.25, 0.3) is 0 Å². The van der Waals surface area contributed by atoms with E-state index in [4.69, 9.17) is 23.2 Å². The van der Waals surface area contributed by atoms with Crippen molar-refractivity contribution in [1.82, 2.24) is 0 Å². The average molecular weight is 330 g/mol. The van der Waals surface area contributed by atoms with Gasteiger partial charge in [0, 0.05) is 20.6 Å². The molecule has 0 atom stereocenters. The number of hydrogen-bond donors (Lipinski definition) is 0. The molecule has 0 spiro atoms. The fraction of sp³-hybridized carbons (Fsp3) is 0. The predicted molar refractivity (Wildman–Crippen MR) is 74.0 cm³/mol. The minimum absolute atomic E-state index is 0.148. The fourth-order valence-electron chi connectivity index (χ4n) is 1.46. The van der Waals surface area contributed by atoms with Crippen LogP contribution in [-0.2, 0) is 0 Å². The Bertz CT molecular complexity index is 581. The number of benzene rings is 2. The highest BCUT2D eigenvalue weighted by molar-refractivity contribution is 9.10. The first-order chi connectivity index (χ1) is 8.09. The highest BCUT2D eigenvalue weighted by Gasteiger charge is 2.15. The van der Waals surface area contributed by atoms with Crippen LogP contribution < -0.4 is 0 Å². The first-order valence-corrected chi connectivity index (χ1v) is 6.39. The molecule has 2 aromatic carbocycles. The Morgan fingerprint density at radius 3 is 2.41 bits per heavy atom. The zero-order valence-electron chi connectivity index (χ0n) is 8.58. The van der Waals surface area contributed by atoms with E-state index in [9.17, 15) is 4.79 Å². The number of hydrogen-bond acceptors (Lipinski definition) is 1. The SMILES string of the molecule is O=C(c1cc(Cl)ccc1Cl)c1ccccc1Br. The smallest absolute Gasteiger partial charge is 0.195 e. The maximum Gasteiger partial charge on any atom is 0.195 e. The van der Waals surface area contributed by atoms with Crippen LogP contribution >= 0.6 is 39.1 Å². The second kappa shape index (κ2) is 5.21. The molecule has 4 heteroatoms.